The number of ether oxygens (including phenoxy) is 1. The van der Waals surface area contributed by atoms with Crippen LogP contribution in [-0.4, -0.2) is 60.4 Å². The Morgan fingerprint density at radius 3 is 2.64 bits per heavy atom. The van der Waals surface area contributed by atoms with Crippen LogP contribution >= 0.6 is 0 Å². The molecular formula is C23H32N6O3S. The number of hydrogen-bond donors (Lipinski definition) is 2. The zero-order chi connectivity index (χ0) is 23.7. The van der Waals surface area contributed by atoms with E-state index in [0.29, 0.717) is 52.8 Å². The van der Waals surface area contributed by atoms with E-state index in [9.17, 15) is 9.35 Å². The Morgan fingerprint density at radius 2 is 1.97 bits per heavy atom. The molecule has 0 bridgehead atoms. The summed E-state index contributed by atoms with van der Waals surface area (Å²) in [4.78, 5) is 21.3. The normalized spacial score (nSPS) is 20.3. The van der Waals surface area contributed by atoms with Crippen molar-refractivity contribution in [1.82, 2.24) is 29.4 Å². The second-order valence-electron chi connectivity index (χ2n) is 8.59. The second-order valence-corrected chi connectivity index (χ2v) is 10.1. The van der Waals surface area contributed by atoms with Crippen LogP contribution in [0.2, 0.25) is 0 Å². The van der Waals surface area contributed by atoms with E-state index in [1.807, 2.05) is 29.4 Å². The Morgan fingerprint density at radius 1 is 1.24 bits per heavy atom. The lowest BCUT2D eigenvalue weighted by molar-refractivity contribution is 0.263. The van der Waals surface area contributed by atoms with Gasteiger partial charge in [0.05, 0.1) is 42.3 Å². The Balaban J connectivity index is 1.80. The number of nitrogens with zero attached hydrogens (tertiary/aromatic N) is 4. The van der Waals surface area contributed by atoms with E-state index < -0.39 is 11.4 Å². The lowest BCUT2D eigenvalue weighted by Gasteiger charge is -2.35. The molecule has 4 rings (SSSR count). The van der Waals surface area contributed by atoms with Crippen molar-refractivity contribution in [2.24, 2.45) is 7.05 Å². The number of aromatic nitrogens is 4. The molecule has 1 aliphatic rings. The summed E-state index contributed by atoms with van der Waals surface area (Å²) in [7, 11) is 1.75. The van der Waals surface area contributed by atoms with Crippen LogP contribution in [0.3, 0.4) is 0 Å². The highest BCUT2D eigenvalue weighted by molar-refractivity contribution is 7.89. The van der Waals surface area contributed by atoms with Crippen molar-refractivity contribution >= 4 is 22.4 Å². The van der Waals surface area contributed by atoms with Crippen molar-refractivity contribution in [3.8, 4) is 17.1 Å². The van der Waals surface area contributed by atoms with Crippen molar-refractivity contribution in [2.45, 2.75) is 57.5 Å². The van der Waals surface area contributed by atoms with E-state index in [4.69, 9.17) is 9.72 Å². The first-order valence-electron chi connectivity index (χ1n) is 11.5. The molecule has 3 heterocycles. The smallest absolute Gasteiger partial charge is 0.277 e. The molecule has 33 heavy (non-hydrogen) atoms. The SMILES string of the molecule is CCCc1nn(C)c2c(=O)[nH]c(-c3cc([S+]([O-])N4CC(C)NC(C)C4)ccc3OCC)nc12. The lowest BCUT2D eigenvalue weighted by atomic mass is 10.1. The zero-order valence-electron chi connectivity index (χ0n) is 19.8. The molecule has 0 saturated carbocycles. The van der Waals surface area contributed by atoms with Crippen LogP contribution in [0.4, 0.5) is 0 Å². The highest BCUT2D eigenvalue weighted by atomic mass is 32.2. The second kappa shape index (κ2) is 9.84. The molecule has 1 aliphatic heterocycles. The van der Waals surface area contributed by atoms with Gasteiger partial charge in [-0.1, -0.05) is 13.3 Å². The summed E-state index contributed by atoms with van der Waals surface area (Å²) in [5.74, 6) is 0.978. The highest BCUT2D eigenvalue weighted by Crippen LogP contribution is 2.32. The molecule has 0 radical (unpaired) electrons. The van der Waals surface area contributed by atoms with Crippen molar-refractivity contribution in [1.29, 1.82) is 0 Å². The number of nitrogens with one attached hydrogen (secondary N) is 2. The van der Waals surface area contributed by atoms with Crippen LogP contribution in [0, 0.1) is 0 Å². The number of piperazine rings is 1. The Bertz CT molecular complexity index is 1180. The molecule has 3 aromatic rings. The first-order chi connectivity index (χ1) is 15.8. The van der Waals surface area contributed by atoms with Gasteiger partial charge in [0.15, 0.2) is 10.4 Å². The predicted octanol–water partition coefficient (Wildman–Crippen LogP) is 2.38. The fourth-order valence-electron chi connectivity index (χ4n) is 4.42. The van der Waals surface area contributed by atoms with Crippen LogP contribution in [0.15, 0.2) is 27.9 Å². The number of benzene rings is 1. The topological polar surface area (TPSA) is 111 Å². The summed E-state index contributed by atoms with van der Waals surface area (Å²) in [5, 5.41) is 7.96. The first kappa shape index (κ1) is 23.7. The van der Waals surface area contributed by atoms with Gasteiger partial charge in [0.2, 0.25) is 0 Å². The monoisotopic (exact) mass is 472 g/mol. The number of rotatable bonds is 7. The molecule has 10 heteroatoms. The van der Waals surface area contributed by atoms with E-state index >= 15 is 0 Å². The quantitative estimate of drug-likeness (QED) is 0.508. The van der Waals surface area contributed by atoms with Gasteiger partial charge in [-0.05, 0) is 39.3 Å². The third-order valence-corrected chi connectivity index (χ3v) is 7.14. The first-order valence-corrected chi connectivity index (χ1v) is 12.6. The number of H-pyrrole nitrogens is 1. The molecule has 0 amide bonds. The van der Waals surface area contributed by atoms with Gasteiger partial charge in [0.25, 0.3) is 5.56 Å². The fraction of sp³-hybridized carbons (Fsp3) is 0.522. The van der Waals surface area contributed by atoms with Gasteiger partial charge in [0.1, 0.15) is 17.1 Å². The summed E-state index contributed by atoms with van der Waals surface area (Å²) < 4.78 is 22.8. The average molecular weight is 473 g/mol. The van der Waals surface area contributed by atoms with Crippen molar-refractivity contribution < 1.29 is 9.29 Å². The Labute approximate surface area is 196 Å². The van der Waals surface area contributed by atoms with Gasteiger partial charge in [-0.3, -0.25) is 9.48 Å². The highest BCUT2D eigenvalue weighted by Gasteiger charge is 2.31. The van der Waals surface area contributed by atoms with Gasteiger partial charge >= 0.3 is 0 Å². The van der Waals surface area contributed by atoms with Gasteiger partial charge in [-0.15, -0.1) is 4.31 Å². The third-order valence-electron chi connectivity index (χ3n) is 5.72. The maximum absolute atomic E-state index is 13.4. The minimum Gasteiger partial charge on any atom is -0.593 e. The summed E-state index contributed by atoms with van der Waals surface area (Å²) in [6.07, 6.45) is 1.63. The molecule has 9 nitrogen and oxygen atoms in total. The van der Waals surface area contributed by atoms with E-state index in [2.05, 4.69) is 36.2 Å². The largest absolute Gasteiger partial charge is 0.593 e. The van der Waals surface area contributed by atoms with Crippen LogP contribution < -0.4 is 15.6 Å². The van der Waals surface area contributed by atoms with Gasteiger partial charge in [0, 0.05) is 25.2 Å². The number of aromatic amines is 1. The molecule has 3 atom stereocenters. The third kappa shape index (κ3) is 4.79. The summed E-state index contributed by atoms with van der Waals surface area (Å²) in [5.41, 5.74) is 2.19. The number of fused-ring (bicyclic) bond motifs is 1. The average Bonchev–Trinajstić information content (AvgIpc) is 3.09. The van der Waals surface area contributed by atoms with Crippen LogP contribution in [-0.2, 0) is 24.8 Å². The van der Waals surface area contributed by atoms with Crippen LogP contribution in [0.25, 0.3) is 22.4 Å². The van der Waals surface area contributed by atoms with Crippen molar-refractivity contribution in [3.05, 3.63) is 34.2 Å². The van der Waals surface area contributed by atoms with E-state index in [0.717, 1.165) is 18.5 Å². The van der Waals surface area contributed by atoms with Crippen molar-refractivity contribution in [2.75, 3.05) is 19.7 Å². The van der Waals surface area contributed by atoms with E-state index in [-0.39, 0.29) is 17.6 Å². The minimum atomic E-state index is -1.34. The van der Waals surface area contributed by atoms with Gasteiger partial charge in [-0.2, -0.15) is 5.10 Å². The molecule has 1 aromatic carbocycles. The summed E-state index contributed by atoms with van der Waals surface area (Å²) in [6, 6.07) is 5.95. The maximum Gasteiger partial charge on any atom is 0.277 e. The Hall–Kier alpha value is -2.40. The van der Waals surface area contributed by atoms with E-state index in [1.54, 1.807) is 11.7 Å². The van der Waals surface area contributed by atoms with Gasteiger partial charge in [-0.25, -0.2) is 4.98 Å². The molecule has 0 spiro atoms. The molecule has 0 aliphatic carbocycles. The molecule has 3 unspecified atom stereocenters. The van der Waals surface area contributed by atoms with Crippen LogP contribution in [0.1, 0.15) is 39.8 Å². The molecule has 1 saturated heterocycles. The number of aryl methyl sites for hydroxylation is 2. The summed E-state index contributed by atoms with van der Waals surface area (Å²) >= 11 is -1.34. The molecule has 2 N–H and O–H groups in total. The van der Waals surface area contributed by atoms with Crippen LogP contribution in [0.5, 0.6) is 5.75 Å². The maximum atomic E-state index is 13.4. The predicted molar refractivity (Wildman–Crippen MR) is 130 cm³/mol. The lowest BCUT2D eigenvalue weighted by Crippen LogP contribution is -2.55. The number of hydrogen-bond acceptors (Lipinski definition) is 7. The van der Waals surface area contributed by atoms with Crippen molar-refractivity contribution in [3.63, 3.8) is 0 Å². The fourth-order valence-corrected chi connectivity index (χ4v) is 5.84. The Kier molecular flexibility index (Phi) is 7.08. The molecule has 178 valence electrons. The molecule has 1 fully saturated rings. The molecular weight excluding hydrogens is 440 g/mol. The zero-order valence-corrected chi connectivity index (χ0v) is 20.7. The summed E-state index contributed by atoms with van der Waals surface area (Å²) in [6.45, 7) is 10.00. The van der Waals surface area contributed by atoms with E-state index in [1.165, 1.54) is 0 Å². The standard InChI is InChI=1S/C23H32N6O3S/c1-6-8-18-20-21(28(5)27-18)23(30)26-22(25-20)17-11-16(9-10-19(17)32-7-2)33(31)29-12-14(3)24-15(4)13-29/h9-11,14-15,24H,6-8,12-13H2,1-5H3,(H,25,26,30). The van der Waals surface area contributed by atoms with Gasteiger partial charge < -0.3 is 19.6 Å². The molecule has 2 aromatic heterocycles. The minimum absolute atomic E-state index is 0.253.